The van der Waals surface area contributed by atoms with Gasteiger partial charge in [-0.3, -0.25) is 0 Å². The lowest BCUT2D eigenvalue weighted by Gasteiger charge is -2.34. The molecule has 4 nitrogen and oxygen atoms in total. The van der Waals surface area contributed by atoms with Gasteiger partial charge in [0.1, 0.15) is 5.58 Å². The number of para-hydroxylation sites is 1. The minimum atomic E-state index is -0.391. The van der Waals surface area contributed by atoms with E-state index >= 15 is 0 Å². The van der Waals surface area contributed by atoms with Crippen molar-refractivity contribution < 1.29 is 4.42 Å². The van der Waals surface area contributed by atoms with Crippen molar-refractivity contribution in [3.8, 4) is 0 Å². The second-order valence-electron chi connectivity index (χ2n) is 4.41. The van der Waals surface area contributed by atoms with E-state index in [2.05, 4.69) is 0 Å². The van der Waals surface area contributed by atoms with Crippen molar-refractivity contribution >= 4 is 11.0 Å². The summed E-state index contributed by atoms with van der Waals surface area (Å²) in [6.45, 7) is 0.352. The van der Waals surface area contributed by atoms with E-state index in [1.807, 2.05) is 24.3 Å². The first-order valence-corrected chi connectivity index (χ1v) is 6.06. The molecule has 1 aliphatic heterocycles. The molecule has 19 heavy (non-hydrogen) atoms. The first-order valence-electron chi connectivity index (χ1n) is 6.06. The molecule has 1 aliphatic rings. The van der Waals surface area contributed by atoms with E-state index in [-0.39, 0.29) is 0 Å². The van der Waals surface area contributed by atoms with Gasteiger partial charge in [-0.25, -0.2) is 4.79 Å². The lowest BCUT2D eigenvalue weighted by atomic mass is 10.0. The van der Waals surface area contributed by atoms with Gasteiger partial charge in [-0.15, -0.1) is 0 Å². The molecule has 0 aliphatic carbocycles. The number of fused-ring (bicyclic) bond motifs is 1. The van der Waals surface area contributed by atoms with Gasteiger partial charge in [-0.1, -0.05) is 30.4 Å². The molecule has 0 unspecified atom stereocenters. The van der Waals surface area contributed by atoms with Crippen molar-refractivity contribution in [2.45, 2.75) is 6.42 Å². The third-order valence-corrected chi connectivity index (χ3v) is 3.12. The maximum absolute atomic E-state index is 11.7. The molecule has 4 heteroatoms. The Balaban J connectivity index is 2.07. The van der Waals surface area contributed by atoms with Crippen molar-refractivity contribution in [3.05, 3.63) is 75.4 Å². The summed E-state index contributed by atoms with van der Waals surface area (Å²) < 4.78 is 5.14. The van der Waals surface area contributed by atoms with Crippen molar-refractivity contribution in [2.75, 3.05) is 6.54 Å². The molecular formula is C15H12NO3-. The van der Waals surface area contributed by atoms with E-state index in [0.717, 1.165) is 16.0 Å². The molecule has 0 spiro atoms. The molecular weight excluding hydrogens is 242 g/mol. The zero-order chi connectivity index (χ0) is 13.2. The van der Waals surface area contributed by atoms with Crippen LogP contribution in [0.1, 0.15) is 5.56 Å². The van der Waals surface area contributed by atoms with Crippen LogP contribution in [0.5, 0.6) is 0 Å². The van der Waals surface area contributed by atoms with Crippen LogP contribution in [0.25, 0.3) is 11.0 Å². The summed E-state index contributed by atoms with van der Waals surface area (Å²) in [7, 11) is 0. The molecule has 0 amide bonds. The first kappa shape index (κ1) is 11.7. The highest BCUT2D eigenvalue weighted by molar-refractivity contribution is 5.80. The highest BCUT2D eigenvalue weighted by Gasteiger charge is 2.09. The minimum Gasteiger partial charge on any atom is -0.758 e. The second-order valence-corrected chi connectivity index (χ2v) is 4.41. The van der Waals surface area contributed by atoms with Gasteiger partial charge in [-0.05, 0) is 17.7 Å². The Morgan fingerprint density at radius 3 is 3.00 bits per heavy atom. The van der Waals surface area contributed by atoms with Gasteiger partial charge in [-0.2, -0.15) is 0 Å². The average molecular weight is 254 g/mol. The van der Waals surface area contributed by atoms with Crippen LogP contribution in [-0.4, -0.2) is 11.6 Å². The fraction of sp³-hybridized carbons (Fsp3) is 0.133. The standard InChI is InChI=1S/C15H12NO3/c17-15-10-11(9-12-5-3-4-8-16(12)18)13-6-1-2-7-14(13)19-15/h1-7,10H,8-9H2/q-1. The summed E-state index contributed by atoms with van der Waals surface area (Å²) in [4.78, 5) is 11.5. The van der Waals surface area contributed by atoms with Crippen LogP contribution < -0.4 is 5.63 Å². The molecule has 2 heterocycles. The van der Waals surface area contributed by atoms with Gasteiger partial charge in [0.2, 0.25) is 0 Å². The maximum atomic E-state index is 11.7. The number of rotatable bonds is 2. The summed E-state index contributed by atoms with van der Waals surface area (Å²) in [5, 5.41) is 13.5. The number of hydrogen-bond donors (Lipinski definition) is 0. The van der Waals surface area contributed by atoms with Crippen LogP contribution in [0.3, 0.4) is 0 Å². The Labute approximate surface area is 109 Å². The minimum absolute atomic E-state index is 0.352. The second kappa shape index (κ2) is 4.74. The van der Waals surface area contributed by atoms with E-state index in [1.54, 1.807) is 18.2 Å². The average Bonchev–Trinajstić information content (AvgIpc) is 2.41. The molecule has 0 bridgehead atoms. The molecule has 0 N–H and O–H groups in total. The quantitative estimate of drug-likeness (QED) is 0.773. The number of benzene rings is 1. The molecule has 0 saturated carbocycles. The van der Waals surface area contributed by atoms with Gasteiger partial charge in [0.15, 0.2) is 0 Å². The highest BCUT2D eigenvalue weighted by Crippen LogP contribution is 2.21. The lowest BCUT2D eigenvalue weighted by Crippen LogP contribution is -2.19. The zero-order valence-corrected chi connectivity index (χ0v) is 10.2. The molecule has 0 saturated heterocycles. The first-order chi connectivity index (χ1) is 9.24. The molecule has 0 radical (unpaired) electrons. The maximum Gasteiger partial charge on any atom is 0.336 e. The van der Waals surface area contributed by atoms with Crippen LogP contribution in [0.2, 0.25) is 0 Å². The lowest BCUT2D eigenvalue weighted by molar-refractivity contribution is 0.498. The Bertz CT molecular complexity index is 727. The van der Waals surface area contributed by atoms with Gasteiger partial charge in [0, 0.05) is 30.1 Å². The Morgan fingerprint density at radius 2 is 2.16 bits per heavy atom. The van der Waals surface area contributed by atoms with Crippen molar-refractivity contribution in [2.24, 2.45) is 0 Å². The van der Waals surface area contributed by atoms with E-state index in [1.165, 1.54) is 6.07 Å². The molecule has 2 aromatic rings. The fourth-order valence-corrected chi connectivity index (χ4v) is 2.20. The molecule has 3 rings (SSSR count). The van der Waals surface area contributed by atoms with Gasteiger partial charge >= 0.3 is 5.63 Å². The Kier molecular flexibility index (Phi) is 2.93. The molecule has 96 valence electrons. The topological polar surface area (TPSA) is 56.5 Å². The largest absolute Gasteiger partial charge is 0.758 e. The third-order valence-electron chi connectivity index (χ3n) is 3.12. The smallest absolute Gasteiger partial charge is 0.336 e. The normalized spacial score (nSPS) is 14.8. The number of nitrogens with zero attached hydrogens (tertiary/aromatic N) is 1. The summed E-state index contributed by atoms with van der Waals surface area (Å²) in [5.74, 6) is 0. The highest BCUT2D eigenvalue weighted by atomic mass is 16.5. The van der Waals surface area contributed by atoms with E-state index < -0.39 is 5.63 Å². The van der Waals surface area contributed by atoms with Gasteiger partial charge < -0.3 is 14.7 Å². The monoisotopic (exact) mass is 254 g/mol. The number of allylic oxidation sites excluding steroid dienone is 3. The molecule has 1 aromatic heterocycles. The summed E-state index contributed by atoms with van der Waals surface area (Å²) in [6, 6.07) is 8.80. The Hall–Kier alpha value is -2.33. The van der Waals surface area contributed by atoms with Crippen LogP contribution in [0, 0.1) is 5.21 Å². The van der Waals surface area contributed by atoms with E-state index in [0.29, 0.717) is 24.2 Å². The molecule has 0 fully saturated rings. The van der Waals surface area contributed by atoms with Gasteiger partial charge in [0.05, 0.1) is 0 Å². The van der Waals surface area contributed by atoms with Crippen LogP contribution in [-0.2, 0) is 6.42 Å². The predicted molar refractivity (Wildman–Crippen MR) is 73.5 cm³/mol. The zero-order valence-electron chi connectivity index (χ0n) is 10.2. The predicted octanol–water partition coefficient (Wildman–Crippen LogP) is 2.59. The molecule has 1 aromatic carbocycles. The van der Waals surface area contributed by atoms with Crippen LogP contribution in [0.15, 0.2) is 63.5 Å². The van der Waals surface area contributed by atoms with Crippen LogP contribution >= 0.6 is 0 Å². The number of hydroxylamine groups is 2. The number of hydrogen-bond acceptors (Lipinski definition) is 4. The van der Waals surface area contributed by atoms with E-state index in [9.17, 15) is 10.0 Å². The van der Waals surface area contributed by atoms with E-state index in [4.69, 9.17) is 4.42 Å². The summed E-state index contributed by atoms with van der Waals surface area (Å²) in [5.41, 5.74) is 1.63. The fourth-order valence-electron chi connectivity index (χ4n) is 2.20. The van der Waals surface area contributed by atoms with Crippen molar-refractivity contribution in [1.82, 2.24) is 5.06 Å². The van der Waals surface area contributed by atoms with Gasteiger partial charge in [0.25, 0.3) is 0 Å². The SMILES string of the molecule is O=c1cc(CC2=CC=CCN2[O-])c2ccccc2o1. The van der Waals surface area contributed by atoms with Crippen LogP contribution in [0.4, 0.5) is 0 Å². The molecule has 0 atom stereocenters. The Morgan fingerprint density at radius 1 is 1.32 bits per heavy atom. The third kappa shape index (κ3) is 2.30. The van der Waals surface area contributed by atoms with Crippen molar-refractivity contribution in [3.63, 3.8) is 0 Å². The summed E-state index contributed by atoms with van der Waals surface area (Å²) in [6.07, 6.45) is 5.87. The summed E-state index contributed by atoms with van der Waals surface area (Å²) >= 11 is 0. The van der Waals surface area contributed by atoms with Crippen molar-refractivity contribution in [1.29, 1.82) is 0 Å².